The number of carbonyl (C=O) groups is 1. The van der Waals surface area contributed by atoms with Crippen molar-refractivity contribution in [2.24, 2.45) is 0 Å². The minimum absolute atomic E-state index is 0. The summed E-state index contributed by atoms with van der Waals surface area (Å²) in [5.41, 5.74) is 1.02. The molecule has 4 nitrogen and oxygen atoms in total. The second-order valence-corrected chi connectivity index (χ2v) is 3.14. The van der Waals surface area contributed by atoms with Crippen molar-refractivity contribution >= 4 is 5.97 Å². The van der Waals surface area contributed by atoms with Gasteiger partial charge in [-0.25, -0.2) is 0 Å². The molecule has 0 amide bonds. The van der Waals surface area contributed by atoms with Crippen LogP contribution in [0.3, 0.4) is 0 Å². The van der Waals surface area contributed by atoms with Crippen LogP contribution in [0.15, 0.2) is 30.9 Å². The monoisotopic (exact) mass is 244 g/mol. The van der Waals surface area contributed by atoms with Crippen LogP contribution >= 0.6 is 0 Å². The van der Waals surface area contributed by atoms with Crippen molar-refractivity contribution in [1.82, 2.24) is 0 Å². The van der Waals surface area contributed by atoms with Crippen molar-refractivity contribution in [1.29, 1.82) is 0 Å². The third-order valence-corrected chi connectivity index (χ3v) is 1.95. The van der Waals surface area contributed by atoms with Crippen molar-refractivity contribution in [2.45, 2.75) is 6.42 Å². The molecule has 5 heteroatoms. The molecule has 0 saturated carbocycles. The van der Waals surface area contributed by atoms with Crippen molar-refractivity contribution in [3.05, 3.63) is 36.4 Å². The van der Waals surface area contributed by atoms with E-state index in [-0.39, 0.29) is 29.6 Å². The normalized spacial score (nSPS) is 9.00. The van der Waals surface area contributed by atoms with E-state index in [1.807, 2.05) is 6.07 Å². The maximum Gasteiger partial charge on any atom is 1.00 e. The first-order chi connectivity index (χ1) is 7.67. The maximum absolute atomic E-state index is 10.3. The van der Waals surface area contributed by atoms with Crippen molar-refractivity contribution in [3.63, 3.8) is 0 Å². The zero-order valence-electron chi connectivity index (χ0n) is 10.1. The summed E-state index contributed by atoms with van der Waals surface area (Å²) >= 11 is 0. The smallest absolute Gasteiger partial charge is 0.546 e. The van der Waals surface area contributed by atoms with Gasteiger partial charge in [0.25, 0.3) is 0 Å². The van der Waals surface area contributed by atoms with Gasteiger partial charge in [0, 0.05) is 0 Å². The fourth-order valence-corrected chi connectivity index (χ4v) is 1.26. The Morgan fingerprint density at radius 1 is 1.47 bits per heavy atom. The van der Waals surface area contributed by atoms with E-state index in [0.29, 0.717) is 11.5 Å². The number of hydrogen-bond donors (Lipinski definition) is 0. The van der Waals surface area contributed by atoms with Gasteiger partial charge in [-0.05, 0) is 24.1 Å². The molecule has 0 spiro atoms. The molecule has 0 aliphatic carbocycles. The summed E-state index contributed by atoms with van der Waals surface area (Å²) < 4.78 is 10.1. The van der Waals surface area contributed by atoms with Crippen LogP contribution in [-0.2, 0) is 11.2 Å². The molecular weight excluding hydrogens is 231 g/mol. The van der Waals surface area contributed by atoms with E-state index in [1.165, 1.54) is 7.11 Å². The topological polar surface area (TPSA) is 58.6 Å². The van der Waals surface area contributed by atoms with Crippen molar-refractivity contribution in [2.75, 3.05) is 13.7 Å². The number of hydrogen-bond acceptors (Lipinski definition) is 4. The van der Waals surface area contributed by atoms with Gasteiger partial charge >= 0.3 is 29.6 Å². The second kappa shape index (κ2) is 8.17. The third-order valence-electron chi connectivity index (χ3n) is 1.95. The number of allylic oxidation sites excluding steroid dienone is 1. The number of carboxylic acids is 1. The van der Waals surface area contributed by atoms with Crippen molar-refractivity contribution < 1.29 is 48.9 Å². The molecule has 86 valence electrons. The number of methoxy groups -OCH3 is 1. The SMILES string of the molecule is C=CCc1ccc(OCC(=O)[O-])c(OC)c1.[Na+]. The number of aliphatic carboxylic acids is 1. The molecule has 1 aromatic rings. The van der Waals surface area contributed by atoms with E-state index in [9.17, 15) is 9.90 Å². The van der Waals surface area contributed by atoms with E-state index in [0.717, 1.165) is 12.0 Å². The van der Waals surface area contributed by atoms with E-state index in [2.05, 4.69) is 6.58 Å². The second-order valence-electron chi connectivity index (χ2n) is 3.14. The average Bonchev–Trinajstić information content (AvgIpc) is 2.27. The van der Waals surface area contributed by atoms with Gasteiger partial charge in [-0.1, -0.05) is 12.1 Å². The molecule has 0 aliphatic heterocycles. The molecule has 17 heavy (non-hydrogen) atoms. The Hall–Kier alpha value is -0.970. The van der Waals surface area contributed by atoms with Gasteiger partial charge in [-0.3, -0.25) is 0 Å². The van der Waals surface area contributed by atoms with Gasteiger partial charge < -0.3 is 19.4 Å². The predicted molar refractivity (Wildman–Crippen MR) is 57.4 cm³/mol. The summed E-state index contributed by atoms with van der Waals surface area (Å²) in [4.78, 5) is 10.3. The molecule has 0 unspecified atom stereocenters. The fraction of sp³-hybridized carbons (Fsp3) is 0.250. The van der Waals surface area contributed by atoms with Crippen LogP contribution in [0.1, 0.15) is 5.56 Å². The van der Waals surface area contributed by atoms with E-state index < -0.39 is 12.6 Å². The van der Waals surface area contributed by atoms with Crippen LogP contribution in [0, 0.1) is 0 Å². The van der Waals surface area contributed by atoms with E-state index >= 15 is 0 Å². The number of rotatable bonds is 6. The van der Waals surface area contributed by atoms with Gasteiger partial charge in [0.15, 0.2) is 11.5 Å². The van der Waals surface area contributed by atoms with Gasteiger partial charge in [-0.2, -0.15) is 0 Å². The molecule has 1 aromatic carbocycles. The Bertz CT molecular complexity index is 390. The van der Waals surface area contributed by atoms with Gasteiger partial charge in [0.2, 0.25) is 0 Å². The number of carboxylic acid groups (broad SMARTS) is 1. The molecule has 0 aromatic heterocycles. The van der Waals surface area contributed by atoms with Crippen LogP contribution in [0.5, 0.6) is 11.5 Å². The van der Waals surface area contributed by atoms with Gasteiger partial charge in [0.05, 0.1) is 13.1 Å². The molecular formula is C12H13NaO4. The van der Waals surface area contributed by atoms with Crippen LogP contribution in [0.2, 0.25) is 0 Å². The largest absolute Gasteiger partial charge is 1.00 e. The maximum atomic E-state index is 10.3. The summed E-state index contributed by atoms with van der Waals surface area (Å²) in [6.45, 7) is 3.15. The molecule has 0 radical (unpaired) electrons. The predicted octanol–water partition coefficient (Wildman–Crippen LogP) is -2.44. The first-order valence-corrected chi connectivity index (χ1v) is 4.78. The molecule has 1 rings (SSSR count). The molecule has 0 saturated heterocycles. The molecule has 0 aliphatic rings. The van der Waals surface area contributed by atoms with Gasteiger partial charge in [-0.15, -0.1) is 6.58 Å². The van der Waals surface area contributed by atoms with Crippen LogP contribution in [0.25, 0.3) is 0 Å². The molecule has 0 fully saturated rings. The quantitative estimate of drug-likeness (QED) is 0.412. The van der Waals surface area contributed by atoms with E-state index in [4.69, 9.17) is 9.47 Å². The Balaban J connectivity index is 0.00000256. The minimum atomic E-state index is -1.27. The summed E-state index contributed by atoms with van der Waals surface area (Å²) in [5.74, 6) is -0.377. The Labute approximate surface area is 123 Å². The summed E-state index contributed by atoms with van der Waals surface area (Å²) in [7, 11) is 1.50. The molecule has 0 bridgehead atoms. The standard InChI is InChI=1S/C12H14O4.Na/c1-3-4-9-5-6-10(11(7-9)15-2)16-8-12(13)14;/h3,5-7H,1,4,8H2,2H3,(H,13,14);/q;+1/p-1. The number of carbonyl (C=O) groups excluding carboxylic acids is 1. The zero-order chi connectivity index (χ0) is 12.0. The Morgan fingerprint density at radius 2 is 2.18 bits per heavy atom. The first-order valence-electron chi connectivity index (χ1n) is 4.78. The third kappa shape index (κ3) is 5.26. The van der Waals surface area contributed by atoms with Crippen molar-refractivity contribution in [3.8, 4) is 11.5 Å². The van der Waals surface area contributed by atoms with Crippen LogP contribution in [-0.4, -0.2) is 19.7 Å². The molecule has 0 atom stereocenters. The summed E-state index contributed by atoms with van der Waals surface area (Å²) in [5, 5.41) is 10.3. The summed E-state index contributed by atoms with van der Waals surface area (Å²) in [6.07, 6.45) is 2.49. The number of benzene rings is 1. The first kappa shape index (κ1) is 16.0. The van der Waals surface area contributed by atoms with E-state index in [1.54, 1.807) is 18.2 Å². The molecule has 0 heterocycles. The summed E-state index contributed by atoms with van der Waals surface area (Å²) in [6, 6.07) is 5.28. The minimum Gasteiger partial charge on any atom is -0.546 e. The molecule has 0 N–H and O–H groups in total. The number of ether oxygens (including phenoxy) is 2. The average molecular weight is 244 g/mol. The fourth-order valence-electron chi connectivity index (χ4n) is 1.26. The van der Waals surface area contributed by atoms with Gasteiger partial charge in [0.1, 0.15) is 6.61 Å². The zero-order valence-corrected chi connectivity index (χ0v) is 12.1. The van der Waals surface area contributed by atoms with Crippen LogP contribution < -0.4 is 44.1 Å². The Morgan fingerprint density at radius 3 is 2.71 bits per heavy atom. The Kier molecular flexibility index (Phi) is 7.70. The van der Waals surface area contributed by atoms with Crippen LogP contribution in [0.4, 0.5) is 0 Å².